The first-order valence-corrected chi connectivity index (χ1v) is 6.50. The van der Waals surface area contributed by atoms with Crippen molar-refractivity contribution in [3.8, 4) is 0 Å². The zero-order valence-corrected chi connectivity index (χ0v) is 10.3. The predicted octanol–water partition coefficient (Wildman–Crippen LogP) is 4.58. The second kappa shape index (κ2) is 5.16. The predicted molar refractivity (Wildman–Crippen MR) is 66.7 cm³/mol. The highest BCUT2D eigenvalue weighted by molar-refractivity contribution is 5.27. The zero-order chi connectivity index (χ0) is 12.3. The number of halogens is 2. The van der Waals surface area contributed by atoms with Crippen LogP contribution in [0.2, 0.25) is 0 Å². The Balaban J connectivity index is 2.31. The Labute approximate surface area is 102 Å². The molecule has 0 amide bonds. The summed E-state index contributed by atoms with van der Waals surface area (Å²) < 4.78 is 27.4. The summed E-state index contributed by atoms with van der Waals surface area (Å²) in [4.78, 5) is 0. The second-order valence-corrected chi connectivity index (χ2v) is 5.23. The van der Waals surface area contributed by atoms with E-state index >= 15 is 0 Å². The molecule has 2 atom stereocenters. The first-order valence-electron chi connectivity index (χ1n) is 6.50. The first kappa shape index (κ1) is 12.5. The van der Waals surface area contributed by atoms with Gasteiger partial charge in [0.05, 0.1) is 0 Å². The summed E-state index contributed by atoms with van der Waals surface area (Å²) in [5, 5.41) is 0. The lowest BCUT2D eigenvalue weighted by Crippen LogP contribution is -2.38. The Morgan fingerprint density at radius 1 is 1.12 bits per heavy atom. The third-order valence-corrected chi connectivity index (χ3v) is 3.85. The fraction of sp³-hybridized carbons (Fsp3) is 0.600. The summed E-state index contributed by atoms with van der Waals surface area (Å²) in [6, 6.07) is 9.90. The van der Waals surface area contributed by atoms with E-state index in [9.17, 15) is 8.78 Å². The molecule has 0 nitrogen and oxygen atoms in total. The van der Waals surface area contributed by atoms with Crippen molar-refractivity contribution >= 4 is 0 Å². The Morgan fingerprint density at radius 2 is 1.71 bits per heavy atom. The molecule has 0 aliphatic heterocycles. The van der Waals surface area contributed by atoms with E-state index in [1.165, 1.54) is 0 Å². The van der Waals surface area contributed by atoms with Gasteiger partial charge in [0.15, 0.2) is 0 Å². The van der Waals surface area contributed by atoms with Crippen LogP contribution in [0.15, 0.2) is 30.3 Å². The second-order valence-electron chi connectivity index (χ2n) is 5.23. The fourth-order valence-electron chi connectivity index (χ4n) is 3.23. The zero-order valence-electron chi connectivity index (χ0n) is 10.3. The molecule has 17 heavy (non-hydrogen) atoms. The monoisotopic (exact) mass is 238 g/mol. The Bertz CT molecular complexity index is 337. The summed E-state index contributed by atoms with van der Waals surface area (Å²) in [6.45, 7) is 2.08. The van der Waals surface area contributed by atoms with Gasteiger partial charge in [-0.3, -0.25) is 0 Å². The van der Waals surface area contributed by atoms with Crippen molar-refractivity contribution in [3.05, 3.63) is 35.9 Å². The molecular weight excluding hydrogens is 218 g/mol. The molecular formula is C15H20F2. The number of hydrogen-bond acceptors (Lipinski definition) is 0. The average Bonchev–Trinajstić information content (AvgIpc) is 2.29. The van der Waals surface area contributed by atoms with Crippen LogP contribution in [-0.4, -0.2) is 12.3 Å². The molecule has 0 saturated heterocycles. The van der Waals surface area contributed by atoms with E-state index in [0.29, 0.717) is 12.8 Å². The Morgan fingerprint density at radius 3 is 2.24 bits per heavy atom. The summed E-state index contributed by atoms with van der Waals surface area (Å²) in [5.74, 6) is 0. The molecule has 2 unspecified atom stereocenters. The van der Waals surface area contributed by atoms with Gasteiger partial charge in [0.25, 0.3) is 0 Å². The molecule has 0 radical (unpaired) electrons. The maximum absolute atomic E-state index is 13.7. The number of benzene rings is 1. The molecule has 0 aromatic heterocycles. The molecule has 0 heterocycles. The molecule has 1 aliphatic carbocycles. The van der Waals surface area contributed by atoms with E-state index in [1.807, 2.05) is 30.3 Å². The third kappa shape index (κ3) is 2.67. The molecule has 0 spiro atoms. The van der Waals surface area contributed by atoms with Gasteiger partial charge in [-0.05, 0) is 24.8 Å². The Kier molecular flexibility index (Phi) is 3.80. The van der Waals surface area contributed by atoms with Crippen LogP contribution in [0.5, 0.6) is 0 Å². The van der Waals surface area contributed by atoms with Gasteiger partial charge in [-0.15, -0.1) is 0 Å². The Hall–Kier alpha value is -0.920. The van der Waals surface area contributed by atoms with Crippen LogP contribution in [0, 0.1) is 0 Å². The highest BCUT2D eigenvalue weighted by Crippen LogP contribution is 2.44. The van der Waals surface area contributed by atoms with Crippen LogP contribution in [0.1, 0.15) is 44.6 Å². The largest absolute Gasteiger partial charge is 0.247 e. The SMILES string of the molecule is CCCC1(c2ccccc2)CC(F)CC(F)C1. The minimum Gasteiger partial charge on any atom is -0.247 e. The summed E-state index contributed by atoms with van der Waals surface area (Å²) in [5.41, 5.74) is 0.819. The van der Waals surface area contributed by atoms with Crippen LogP contribution >= 0.6 is 0 Å². The van der Waals surface area contributed by atoms with E-state index in [1.54, 1.807) is 0 Å². The van der Waals surface area contributed by atoms with Gasteiger partial charge in [-0.2, -0.15) is 0 Å². The summed E-state index contributed by atoms with van der Waals surface area (Å²) in [7, 11) is 0. The first-order chi connectivity index (χ1) is 8.16. The van der Waals surface area contributed by atoms with Crippen molar-refractivity contribution in [3.63, 3.8) is 0 Å². The van der Waals surface area contributed by atoms with Gasteiger partial charge in [-0.25, -0.2) is 8.78 Å². The highest BCUT2D eigenvalue weighted by atomic mass is 19.1. The van der Waals surface area contributed by atoms with Crippen LogP contribution in [0.25, 0.3) is 0 Å². The lowest BCUT2D eigenvalue weighted by atomic mass is 9.66. The smallest absolute Gasteiger partial charge is 0.104 e. The van der Waals surface area contributed by atoms with E-state index in [4.69, 9.17) is 0 Å². The maximum Gasteiger partial charge on any atom is 0.104 e. The van der Waals surface area contributed by atoms with Gasteiger partial charge < -0.3 is 0 Å². The molecule has 1 aromatic carbocycles. The van der Waals surface area contributed by atoms with Crippen molar-refractivity contribution in [2.75, 3.05) is 0 Å². The van der Waals surface area contributed by atoms with E-state index in [-0.39, 0.29) is 11.8 Å². The molecule has 2 rings (SSSR count). The molecule has 1 aliphatic rings. The van der Waals surface area contributed by atoms with Crippen LogP contribution in [-0.2, 0) is 5.41 Å². The van der Waals surface area contributed by atoms with Gasteiger partial charge in [-0.1, -0.05) is 43.7 Å². The van der Waals surface area contributed by atoms with Gasteiger partial charge in [0, 0.05) is 11.8 Å². The molecule has 2 heteroatoms. The van der Waals surface area contributed by atoms with E-state index in [0.717, 1.165) is 18.4 Å². The fourth-order valence-corrected chi connectivity index (χ4v) is 3.23. The lowest BCUT2D eigenvalue weighted by molar-refractivity contribution is 0.0878. The van der Waals surface area contributed by atoms with Crippen molar-refractivity contribution in [1.29, 1.82) is 0 Å². The number of rotatable bonds is 3. The third-order valence-electron chi connectivity index (χ3n) is 3.85. The molecule has 0 bridgehead atoms. The number of alkyl halides is 2. The van der Waals surface area contributed by atoms with Crippen molar-refractivity contribution in [2.45, 2.75) is 56.8 Å². The van der Waals surface area contributed by atoms with Crippen molar-refractivity contribution in [2.24, 2.45) is 0 Å². The molecule has 94 valence electrons. The minimum absolute atomic E-state index is 0.0816. The van der Waals surface area contributed by atoms with Gasteiger partial charge >= 0.3 is 0 Å². The summed E-state index contributed by atoms with van der Waals surface area (Å²) in [6.07, 6.45) is 0.886. The van der Waals surface area contributed by atoms with Crippen molar-refractivity contribution < 1.29 is 8.78 Å². The lowest BCUT2D eigenvalue weighted by Gasteiger charge is -2.40. The van der Waals surface area contributed by atoms with Crippen LogP contribution in [0.4, 0.5) is 8.78 Å². The number of hydrogen-bond donors (Lipinski definition) is 0. The van der Waals surface area contributed by atoms with Crippen LogP contribution < -0.4 is 0 Å². The quantitative estimate of drug-likeness (QED) is 0.722. The molecule has 1 saturated carbocycles. The standard InChI is InChI=1S/C15H20F2/c1-2-8-15(12-6-4-3-5-7-12)10-13(16)9-14(17)11-15/h3-7,13-14H,2,8-11H2,1H3. The normalized spacial score (nSPS) is 33.6. The van der Waals surface area contributed by atoms with Crippen molar-refractivity contribution in [1.82, 2.24) is 0 Å². The molecule has 1 fully saturated rings. The van der Waals surface area contributed by atoms with Crippen LogP contribution in [0.3, 0.4) is 0 Å². The van der Waals surface area contributed by atoms with Gasteiger partial charge in [0.1, 0.15) is 12.3 Å². The molecule has 1 aromatic rings. The average molecular weight is 238 g/mol. The highest BCUT2D eigenvalue weighted by Gasteiger charge is 2.41. The van der Waals surface area contributed by atoms with E-state index < -0.39 is 12.3 Å². The topological polar surface area (TPSA) is 0 Å². The summed E-state index contributed by atoms with van der Waals surface area (Å²) >= 11 is 0. The maximum atomic E-state index is 13.7. The minimum atomic E-state index is -0.995. The van der Waals surface area contributed by atoms with Gasteiger partial charge in [0.2, 0.25) is 0 Å². The van der Waals surface area contributed by atoms with E-state index in [2.05, 4.69) is 6.92 Å². The molecule has 0 N–H and O–H groups in total.